The Morgan fingerprint density at radius 3 is 1.50 bits per heavy atom. The van der Waals surface area contributed by atoms with Gasteiger partial charge in [0.2, 0.25) is 0 Å². The predicted molar refractivity (Wildman–Crippen MR) is 87.8 cm³/mol. The summed E-state index contributed by atoms with van der Waals surface area (Å²) < 4.78 is 10.3. The van der Waals surface area contributed by atoms with E-state index in [-0.39, 0.29) is 11.9 Å². The zero-order chi connectivity index (χ0) is 17.7. The second kappa shape index (κ2) is 7.68. The Bertz CT molecular complexity index is 682. The molecule has 0 spiro atoms. The summed E-state index contributed by atoms with van der Waals surface area (Å²) in [4.78, 5) is 31.2. The van der Waals surface area contributed by atoms with Gasteiger partial charge >= 0.3 is 11.9 Å². The third-order valence-corrected chi connectivity index (χ3v) is 3.32. The van der Waals surface area contributed by atoms with Crippen LogP contribution in [0.15, 0.2) is 36.4 Å². The Labute approximate surface area is 140 Å². The molecule has 2 heterocycles. The van der Waals surface area contributed by atoms with Crippen molar-refractivity contribution in [3.63, 3.8) is 0 Å². The van der Waals surface area contributed by atoms with Gasteiger partial charge in [-0.05, 0) is 38.1 Å². The average molecular weight is 328 g/mol. The van der Waals surface area contributed by atoms with Crippen LogP contribution in [0, 0.1) is 0 Å². The first kappa shape index (κ1) is 17.6. The van der Waals surface area contributed by atoms with E-state index in [0.29, 0.717) is 22.8 Å². The van der Waals surface area contributed by atoms with E-state index < -0.39 is 12.2 Å². The summed E-state index contributed by atoms with van der Waals surface area (Å²) in [7, 11) is 0. The van der Waals surface area contributed by atoms with Crippen molar-refractivity contribution in [2.45, 2.75) is 39.9 Å². The third kappa shape index (κ3) is 4.62. The van der Waals surface area contributed by atoms with Gasteiger partial charge in [-0.15, -0.1) is 0 Å². The molecule has 6 heteroatoms. The molecule has 0 amide bonds. The van der Waals surface area contributed by atoms with Gasteiger partial charge in [-0.1, -0.05) is 12.1 Å². The molecule has 0 aliphatic heterocycles. The molecule has 0 unspecified atom stereocenters. The molecule has 0 saturated carbocycles. The molecule has 24 heavy (non-hydrogen) atoms. The van der Waals surface area contributed by atoms with Crippen molar-refractivity contribution in [1.29, 1.82) is 0 Å². The van der Waals surface area contributed by atoms with Crippen LogP contribution in [-0.2, 0) is 19.1 Å². The number of ether oxygens (including phenoxy) is 2. The van der Waals surface area contributed by atoms with Crippen LogP contribution in [0.1, 0.15) is 51.3 Å². The van der Waals surface area contributed by atoms with Crippen LogP contribution >= 0.6 is 0 Å². The zero-order valence-corrected chi connectivity index (χ0v) is 14.1. The minimum absolute atomic E-state index is 0.356. The second-order valence-electron chi connectivity index (χ2n) is 5.40. The first-order valence-electron chi connectivity index (χ1n) is 7.65. The molecule has 0 fully saturated rings. The minimum Gasteiger partial charge on any atom is -0.456 e. The molecule has 0 aliphatic rings. The lowest BCUT2D eigenvalue weighted by Gasteiger charge is -2.14. The second-order valence-corrected chi connectivity index (χ2v) is 5.40. The van der Waals surface area contributed by atoms with Crippen molar-refractivity contribution in [3.05, 3.63) is 47.8 Å². The van der Waals surface area contributed by atoms with E-state index in [1.807, 2.05) is 24.3 Å². The highest BCUT2D eigenvalue weighted by molar-refractivity contribution is 5.66. The number of pyridine rings is 2. The normalized spacial score (nSPS) is 13.0. The van der Waals surface area contributed by atoms with Gasteiger partial charge in [-0.2, -0.15) is 0 Å². The molecule has 0 aliphatic carbocycles. The molecule has 0 aromatic carbocycles. The molecule has 2 rings (SSSR count). The van der Waals surface area contributed by atoms with Gasteiger partial charge in [-0.25, -0.2) is 9.97 Å². The molecule has 0 radical (unpaired) electrons. The fourth-order valence-electron chi connectivity index (χ4n) is 2.26. The van der Waals surface area contributed by atoms with Crippen molar-refractivity contribution in [2.75, 3.05) is 0 Å². The first-order valence-corrected chi connectivity index (χ1v) is 7.65. The molecule has 2 atom stereocenters. The third-order valence-electron chi connectivity index (χ3n) is 3.32. The Morgan fingerprint density at radius 2 is 1.17 bits per heavy atom. The van der Waals surface area contributed by atoms with Gasteiger partial charge in [0.1, 0.15) is 12.2 Å². The van der Waals surface area contributed by atoms with Crippen LogP contribution in [0.25, 0.3) is 11.4 Å². The molecule has 6 nitrogen and oxygen atoms in total. The summed E-state index contributed by atoms with van der Waals surface area (Å²) in [5.74, 6) is -0.713. The van der Waals surface area contributed by atoms with E-state index in [0.717, 1.165) is 0 Å². The summed E-state index contributed by atoms with van der Waals surface area (Å²) in [5, 5.41) is 0. The van der Waals surface area contributed by atoms with E-state index in [2.05, 4.69) is 9.97 Å². The van der Waals surface area contributed by atoms with Crippen LogP contribution in [0.4, 0.5) is 0 Å². The molecule has 0 bridgehead atoms. The van der Waals surface area contributed by atoms with Gasteiger partial charge in [0, 0.05) is 13.8 Å². The first-order chi connectivity index (χ1) is 11.4. The molecule has 0 N–H and O–H groups in total. The smallest absolute Gasteiger partial charge is 0.303 e. The van der Waals surface area contributed by atoms with E-state index in [9.17, 15) is 9.59 Å². The molecule has 2 aromatic rings. The van der Waals surface area contributed by atoms with Crippen molar-refractivity contribution < 1.29 is 19.1 Å². The number of hydrogen-bond acceptors (Lipinski definition) is 6. The maximum Gasteiger partial charge on any atom is 0.303 e. The molecule has 126 valence electrons. The Morgan fingerprint density at radius 1 is 0.792 bits per heavy atom. The summed E-state index contributed by atoms with van der Waals surface area (Å²) in [5.41, 5.74) is 2.60. The maximum atomic E-state index is 11.1. The number of esters is 2. The lowest BCUT2D eigenvalue weighted by molar-refractivity contribution is -0.147. The van der Waals surface area contributed by atoms with E-state index in [1.165, 1.54) is 13.8 Å². The van der Waals surface area contributed by atoms with E-state index in [4.69, 9.17) is 9.47 Å². The van der Waals surface area contributed by atoms with Gasteiger partial charge < -0.3 is 9.47 Å². The highest BCUT2D eigenvalue weighted by Gasteiger charge is 2.14. The summed E-state index contributed by atoms with van der Waals surface area (Å²) in [6.07, 6.45) is -0.879. The number of aromatic nitrogens is 2. The molecular formula is C18H20N2O4. The van der Waals surface area contributed by atoms with Crippen LogP contribution in [0.3, 0.4) is 0 Å². The van der Waals surface area contributed by atoms with Gasteiger partial charge in [0.15, 0.2) is 0 Å². The van der Waals surface area contributed by atoms with Gasteiger partial charge in [-0.3, -0.25) is 9.59 Å². The number of hydrogen-bond donors (Lipinski definition) is 0. The fourth-order valence-corrected chi connectivity index (χ4v) is 2.26. The van der Waals surface area contributed by atoms with Crippen molar-refractivity contribution >= 4 is 11.9 Å². The van der Waals surface area contributed by atoms with E-state index in [1.54, 1.807) is 26.0 Å². The zero-order valence-electron chi connectivity index (χ0n) is 14.1. The van der Waals surface area contributed by atoms with Crippen LogP contribution in [0.5, 0.6) is 0 Å². The quantitative estimate of drug-likeness (QED) is 0.783. The number of nitrogens with zero attached hydrogens (tertiary/aromatic N) is 2. The Balaban J connectivity index is 2.28. The number of carbonyl (C=O) groups is 2. The molecular weight excluding hydrogens is 308 g/mol. The van der Waals surface area contributed by atoms with Crippen LogP contribution in [0.2, 0.25) is 0 Å². The van der Waals surface area contributed by atoms with E-state index >= 15 is 0 Å². The van der Waals surface area contributed by atoms with Gasteiger partial charge in [0.05, 0.1) is 22.8 Å². The SMILES string of the molecule is CC(=O)O[C@@H](C)c1cccc(-c2cccc([C@@H](C)OC(C)=O)n2)n1. The van der Waals surface area contributed by atoms with Crippen molar-refractivity contribution in [1.82, 2.24) is 9.97 Å². The topological polar surface area (TPSA) is 78.4 Å². The number of carbonyl (C=O) groups excluding carboxylic acids is 2. The highest BCUT2D eigenvalue weighted by Crippen LogP contribution is 2.22. The van der Waals surface area contributed by atoms with Crippen molar-refractivity contribution in [2.24, 2.45) is 0 Å². The van der Waals surface area contributed by atoms with Crippen LogP contribution < -0.4 is 0 Å². The Kier molecular flexibility index (Phi) is 5.63. The molecule has 2 aromatic heterocycles. The van der Waals surface area contributed by atoms with Gasteiger partial charge in [0.25, 0.3) is 0 Å². The summed E-state index contributed by atoms with van der Waals surface area (Å²) in [6, 6.07) is 10.9. The monoisotopic (exact) mass is 328 g/mol. The molecule has 0 saturated heterocycles. The minimum atomic E-state index is -0.439. The maximum absolute atomic E-state index is 11.1. The Hall–Kier alpha value is -2.76. The standard InChI is InChI=1S/C18H20N2O4/c1-11(23-13(3)21)15-7-5-9-17(19-15)18-10-6-8-16(20-18)12(2)24-14(4)22/h5-12H,1-4H3/t11-,12+. The average Bonchev–Trinajstić information content (AvgIpc) is 2.54. The fraction of sp³-hybridized carbons (Fsp3) is 0.333. The van der Waals surface area contributed by atoms with Crippen molar-refractivity contribution in [3.8, 4) is 11.4 Å². The van der Waals surface area contributed by atoms with Crippen LogP contribution in [-0.4, -0.2) is 21.9 Å². The summed E-state index contributed by atoms with van der Waals surface area (Å²) >= 11 is 0. The predicted octanol–water partition coefficient (Wildman–Crippen LogP) is 3.39. The summed E-state index contributed by atoms with van der Waals surface area (Å²) in [6.45, 7) is 6.25. The lowest BCUT2D eigenvalue weighted by Crippen LogP contribution is -2.08. The highest BCUT2D eigenvalue weighted by atomic mass is 16.5. The largest absolute Gasteiger partial charge is 0.456 e. The number of rotatable bonds is 5. The lowest BCUT2D eigenvalue weighted by atomic mass is 10.1.